The molecular weight excluding hydrogens is 266 g/mol. The maximum atomic E-state index is 10.7. The average Bonchev–Trinajstić information content (AvgIpc) is 2.95. The third kappa shape index (κ3) is 3.78. The molecule has 0 aromatic carbocycles. The standard InChI is InChI=1S/C17H29NO3/c19-16(20)5-4-14-6-10-18(13-14)15-7-11-21-17(12-15)8-2-1-3-9-17/h14-15H,1-13H2,(H,19,20). The van der Waals surface area contributed by atoms with Crippen LogP contribution in [-0.2, 0) is 9.53 Å². The van der Waals surface area contributed by atoms with E-state index in [2.05, 4.69) is 4.90 Å². The smallest absolute Gasteiger partial charge is 0.303 e. The summed E-state index contributed by atoms with van der Waals surface area (Å²) < 4.78 is 6.20. The molecule has 0 aromatic rings. The van der Waals surface area contributed by atoms with E-state index in [-0.39, 0.29) is 5.60 Å². The molecule has 1 saturated carbocycles. The van der Waals surface area contributed by atoms with Gasteiger partial charge in [-0.25, -0.2) is 0 Å². The molecule has 0 amide bonds. The first-order chi connectivity index (χ1) is 10.2. The highest BCUT2D eigenvalue weighted by atomic mass is 16.5. The van der Waals surface area contributed by atoms with Crippen LogP contribution in [-0.4, -0.2) is 47.3 Å². The van der Waals surface area contributed by atoms with Crippen molar-refractivity contribution in [3.63, 3.8) is 0 Å². The van der Waals surface area contributed by atoms with Crippen molar-refractivity contribution in [2.45, 2.75) is 75.9 Å². The van der Waals surface area contributed by atoms with Gasteiger partial charge in [-0.15, -0.1) is 0 Å². The maximum absolute atomic E-state index is 10.7. The van der Waals surface area contributed by atoms with Gasteiger partial charge in [-0.2, -0.15) is 0 Å². The number of carboxylic acids is 1. The minimum absolute atomic E-state index is 0.181. The molecule has 0 bridgehead atoms. The van der Waals surface area contributed by atoms with Crippen LogP contribution in [0.1, 0.15) is 64.2 Å². The Labute approximate surface area is 127 Å². The summed E-state index contributed by atoms with van der Waals surface area (Å²) in [6, 6.07) is 0.673. The molecular formula is C17H29NO3. The van der Waals surface area contributed by atoms with E-state index < -0.39 is 5.97 Å². The number of carboxylic acid groups (broad SMARTS) is 1. The lowest BCUT2D eigenvalue weighted by atomic mass is 9.78. The summed E-state index contributed by atoms with van der Waals surface area (Å²) in [6.07, 6.45) is 11.2. The number of carbonyl (C=O) groups is 1. The Hall–Kier alpha value is -0.610. The molecule has 2 heterocycles. The van der Waals surface area contributed by atoms with E-state index in [0.717, 1.165) is 32.5 Å². The SMILES string of the molecule is O=C(O)CCC1CCN(C2CCOC3(CCCCC3)C2)C1. The fraction of sp³-hybridized carbons (Fsp3) is 0.941. The first-order valence-corrected chi connectivity index (χ1v) is 8.77. The average molecular weight is 295 g/mol. The van der Waals surface area contributed by atoms with Crippen molar-refractivity contribution in [3.05, 3.63) is 0 Å². The van der Waals surface area contributed by atoms with Crippen molar-refractivity contribution in [2.75, 3.05) is 19.7 Å². The van der Waals surface area contributed by atoms with Crippen LogP contribution in [0.3, 0.4) is 0 Å². The molecule has 2 aliphatic heterocycles. The van der Waals surface area contributed by atoms with E-state index in [1.165, 1.54) is 44.9 Å². The lowest BCUT2D eigenvalue weighted by Crippen LogP contribution is -2.49. The highest BCUT2D eigenvalue weighted by Gasteiger charge is 2.41. The second-order valence-corrected chi connectivity index (χ2v) is 7.32. The minimum atomic E-state index is -0.652. The van der Waals surface area contributed by atoms with Gasteiger partial charge < -0.3 is 9.84 Å². The summed E-state index contributed by atoms with van der Waals surface area (Å²) in [7, 11) is 0. The molecule has 0 radical (unpaired) electrons. The molecule has 2 atom stereocenters. The van der Waals surface area contributed by atoms with Crippen LogP contribution >= 0.6 is 0 Å². The van der Waals surface area contributed by atoms with Crippen molar-refractivity contribution in [3.8, 4) is 0 Å². The monoisotopic (exact) mass is 295 g/mol. The Kier molecular flexibility index (Phi) is 4.85. The number of rotatable bonds is 4. The molecule has 1 spiro atoms. The van der Waals surface area contributed by atoms with Gasteiger partial charge in [-0.1, -0.05) is 19.3 Å². The molecule has 4 heteroatoms. The molecule has 1 aliphatic carbocycles. The molecule has 2 saturated heterocycles. The molecule has 3 fully saturated rings. The third-order valence-electron chi connectivity index (χ3n) is 5.83. The number of hydrogen-bond acceptors (Lipinski definition) is 3. The van der Waals surface area contributed by atoms with Gasteiger partial charge in [0.1, 0.15) is 0 Å². The predicted octanol–water partition coefficient (Wildman–Crippen LogP) is 3.06. The molecule has 0 aromatic heterocycles. The number of hydrogen-bond donors (Lipinski definition) is 1. The zero-order valence-electron chi connectivity index (χ0n) is 13.1. The van der Waals surface area contributed by atoms with Gasteiger partial charge in [0.25, 0.3) is 0 Å². The van der Waals surface area contributed by atoms with Crippen molar-refractivity contribution in [1.82, 2.24) is 4.90 Å². The molecule has 4 nitrogen and oxygen atoms in total. The summed E-state index contributed by atoms with van der Waals surface area (Å²) in [5.74, 6) is -0.0630. The number of nitrogens with zero attached hydrogens (tertiary/aromatic N) is 1. The fourth-order valence-electron chi connectivity index (χ4n) is 4.62. The van der Waals surface area contributed by atoms with E-state index in [0.29, 0.717) is 18.4 Å². The predicted molar refractivity (Wildman–Crippen MR) is 81.3 cm³/mol. The zero-order valence-corrected chi connectivity index (χ0v) is 13.1. The molecule has 1 N–H and O–H groups in total. The maximum Gasteiger partial charge on any atom is 0.303 e. The largest absolute Gasteiger partial charge is 0.481 e. The third-order valence-corrected chi connectivity index (χ3v) is 5.83. The number of aliphatic carboxylic acids is 1. The Balaban J connectivity index is 1.51. The number of likely N-dealkylation sites (tertiary alicyclic amines) is 1. The fourth-order valence-corrected chi connectivity index (χ4v) is 4.62. The molecule has 21 heavy (non-hydrogen) atoms. The molecule has 3 aliphatic rings. The minimum Gasteiger partial charge on any atom is -0.481 e. The van der Waals surface area contributed by atoms with E-state index in [1.54, 1.807) is 0 Å². The second-order valence-electron chi connectivity index (χ2n) is 7.32. The van der Waals surface area contributed by atoms with E-state index in [9.17, 15) is 4.79 Å². The van der Waals surface area contributed by atoms with Gasteiger partial charge >= 0.3 is 5.97 Å². The van der Waals surface area contributed by atoms with Crippen LogP contribution in [0.5, 0.6) is 0 Å². The van der Waals surface area contributed by atoms with E-state index >= 15 is 0 Å². The first-order valence-electron chi connectivity index (χ1n) is 8.77. The van der Waals surface area contributed by atoms with Gasteiger partial charge in [0.05, 0.1) is 5.60 Å². The van der Waals surface area contributed by atoms with Crippen molar-refractivity contribution in [1.29, 1.82) is 0 Å². The summed E-state index contributed by atoms with van der Waals surface area (Å²) >= 11 is 0. The van der Waals surface area contributed by atoms with Gasteiger partial charge in [0.15, 0.2) is 0 Å². The van der Waals surface area contributed by atoms with Crippen LogP contribution in [0, 0.1) is 5.92 Å². The first kappa shape index (κ1) is 15.3. The summed E-state index contributed by atoms with van der Waals surface area (Å²) in [5, 5.41) is 8.82. The second kappa shape index (κ2) is 6.66. The summed E-state index contributed by atoms with van der Waals surface area (Å²) in [6.45, 7) is 3.18. The van der Waals surface area contributed by atoms with Gasteiger partial charge in [0, 0.05) is 25.6 Å². The van der Waals surface area contributed by atoms with E-state index in [4.69, 9.17) is 9.84 Å². The summed E-state index contributed by atoms with van der Waals surface area (Å²) in [4.78, 5) is 13.3. The summed E-state index contributed by atoms with van der Waals surface area (Å²) in [5.41, 5.74) is 0.181. The molecule has 2 unspecified atom stereocenters. The normalized spacial score (nSPS) is 33.3. The van der Waals surface area contributed by atoms with E-state index in [1.807, 2.05) is 0 Å². The number of ether oxygens (including phenoxy) is 1. The quantitative estimate of drug-likeness (QED) is 0.866. The molecule has 3 rings (SSSR count). The van der Waals surface area contributed by atoms with Crippen LogP contribution in [0.4, 0.5) is 0 Å². The lowest BCUT2D eigenvalue weighted by Gasteiger charge is -2.46. The molecule has 120 valence electrons. The van der Waals surface area contributed by atoms with Crippen molar-refractivity contribution in [2.24, 2.45) is 5.92 Å². The van der Waals surface area contributed by atoms with Gasteiger partial charge in [0.2, 0.25) is 0 Å². The van der Waals surface area contributed by atoms with Gasteiger partial charge in [-0.3, -0.25) is 9.69 Å². The highest BCUT2D eigenvalue weighted by molar-refractivity contribution is 5.66. The Morgan fingerprint density at radius 3 is 2.81 bits per heavy atom. The van der Waals surface area contributed by atoms with Crippen LogP contribution in [0.15, 0.2) is 0 Å². The Bertz CT molecular complexity index is 360. The van der Waals surface area contributed by atoms with Crippen molar-refractivity contribution >= 4 is 5.97 Å². The zero-order chi connectivity index (χ0) is 14.7. The van der Waals surface area contributed by atoms with Crippen LogP contribution in [0.25, 0.3) is 0 Å². The lowest BCUT2D eigenvalue weighted by molar-refractivity contribution is -0.137. The topological polar surface area (TPSA) is 49.8 Å². The highest BCUT2D eigenvalue weighted by Crippen LogP contribution is 2.40. The Morgan fingerprint density at radius 2 is 2.05 bits per heavy atom. The van der Waals surface area contributed by atoms with Crippen LogP contribution in [0.2, 0.25) is 0 Å². The Morgan fingerprint density at radius 1 is 1.24 bits per heavy atom. The van der Waals surface area contributed by atoms with Crippen LogP contribution < -0.4 is 0 Å². The van der Waals surface area contributed by atoms with Crippen molar-refractivity contribution < 1.29 is 14.6 Å². The van der Waals surface area contributed by atoms with Gasteiger partial charge in [-0.05, 0) is 51.0 Å².